The Morgan fingerprint density at radius 2 is 1.53 bits per heavy atom. The molecule has 30 heavy (non-hydrogen) atoms. The number of aromatic hydroxyl groups is 2. The molecule has 0 saturated heterocycles. The van der Waals surface area contributed by atoms with Crippen LogP contribution in [0.2, 0.25) is 10.0 Å². The van der Waals surface area contributed by atoms with Crippen LogP contribution < -0.4 is 0 Å². The third-order valence-electron chi connectivity index (χ3n) is 5.42. The van der Waals surface area contributed by atoms with Gasteiger partial charge in [0.05, 0.1) is 5.02 Å². The molecule has 6 aromatic rings. The second-order valence-corrected chi connectivity index (χ2v) is 8.01. The Kier molecular flexibility index (Phi) is 3.55. The van der Waals surface area contributed by atoms with Crippen molar-refractivity contribution in [1.29, 1.82) is 0 Å². The van der Waals surface area contributed by atoms with Crippen LogP contribution in [0.5, 0.6) is 11.5 Å². The van der Waals surface area contributed by atoms with Gasteiger partial charge in [-0.2, -0.15) is 0 Å². The standard InChI is InChI=1S/C24H12Cl2O4/c25-12-4-7-19-16(10-12)14-6-5-13(22(28)24(14)29-19)11-8-17(26)21-15-2-1-3-18(27)23(15)30-20(21)9-11/h1-10,27-28H. The summed E-state index contributed by atoms with van der Waals surface area (Å²) in [4.78, 5) is 0. The number of phenolic OH excluding ortho intramolecular Hbond substituents is 2. The lowest BCUT2D eigenvalue weighted by molar-refractivity contribution is 0.468. The number of phenols is 2. The molecule has 2 heterocycles. The average Bonchev–Trinajstić information content (AvgIpc) is 3.28. The van der Waals surface area contributed by atoms with Gasteiger partial charge >= 0.3 is 0 Å². The molecule has 6 rings (SSSR count). The van der Waals surface area contributed by atoms with E-state index in [1.54, 1.807) is 36.4 Å². The van der Waals surface area contributed by atoms with Gasteiger partial charge < -0.3 is 19.0 Å². The quantitative estimate of drug-likeness (QED) is 0.276. The summed E-state index contributed by atoms with van der Waals surface area (Å²) >= 11 is 12.7. The summed E-state index contributed by atoms with van der Waals surface area (Å²) in [6.45, 7) is 0. The molecule has 0 fully saturated rings. The lowest BCUT2D eigenvalue weighted by Crippen LogP contribution is -1.81. The molecular weight excluding hydrogens is 423 g/mol. The first-order chi connectivity index (χ1) is 14.5. The minimum atomic E-state index is 0.00852. The van der Waals surface area contributed by atoms with Gasteiger partial charge in [-0.1, -0.05) is 35.3 Å². The van der Waals surface area contributed by atoms with Crippen molar-refractivity contribution in [1.82, 2.24) is 0 Å². The summed E-state index contributed by atoms with van der Waals surface area (Å²) in [7, 11) is 0. The van der Waals surface area contributed by atoms with Gasteiger partial charge in [-0.25, -0.2) is 0 Å². The summed E-state index contributed by atoms with van der Waals surface area (Å²) in [5.41, 5.74) is 3.14. The van der Waals surface area contributed by atoms with Crippen molar-refractivity contribution in [3.8, 4) is 22.6 Å². The van der Waals surface area contributed by atoms with Gasteiger partial charge in [0, 0.05) is 32.1 Å². The van der Waals surface area contributed by atoms with E-state index in [2.05, 4.69) is 0 Å². The molecule has 0 aliphatic carbocycles. The Hall–Kier alpha value is -3.34. The third kappa shape index (κ3) is 2.35. The third-order valence-corrected chi connectivity index (χ3v) is 5.95. The first kappa shape index (κ1) is 17.5. The SMILES string of the molecule is Oc1c(-c2cc(Cl)c3c(c2)oc2c(O)cccc23)ccc2c1oc1ccc(Cl)cc12. The van der Waals surface area contributed by atoms with Gasteiger partial charge in [-0.05, 0) is 54.1 Å². The molecule has 0 unspecified atom stereocenters. The molecule has 4 nitrogen and oxygen atoms in total. The predicted octanol–water partition coefficient (Wildman–Crippen LogP) is 7.87. The van der Waals surface area contributed by atoms with E-state index in [-0.39, 0.29) is 11.5 Å². The highest BCUT2D eigenvalue weighted by Crippen LogP contribution is 2.44. The summed E-state index contributed by atoms with van der Waals surface area (Å²) in [6, 6.07) is 17.7. The lowest BCUT2D eigenvalue weighted by atomic mass is 10.0. The smallest absolute Gasteiger partial charge is 0.177 e. The number of hydrogen-bond acceptors (Lipinski definition) is 4. The second kappa shape index (κ2) is 6.08. The lowest BCUT2D eigenvalue weighted by Gasteiger charge is -2.06. The first-order valence-electron chi connectivity index (χ1n) is 9.19. The molecule has 0 amide bonds. The van der Waals surface area contributed by atoms with E-state index in [4.69, 9.17) is 32.0 Å². The highest BCUT2D eigenvalue weighted by Gasteiger charge is 2.19. The number of furan rings is 2. The molecule has 0 radical (unpaired) electrons. The molecule has 0 saturated carbocycles. The highest BCUT2D eigenvalue weighted by atomic mass is 35.5. The van der Waals surface area contributed by atoms with Gasteiger partial charge in [-0.15, -0.1) is 0 Å². The molecule has 0 spiro atoms. The highest BCUT2D eigenvalue weighted by molar-refractivity contribution is 6.38. The number of halogens is 2. The fourth-order valence-corrected chi connectivity index (χ4v) is 4.53. The normalized spacial score (nSPS) is 11.9. The van der Waals surface area contributed by atoms with E-state index in [0.717, 1.165) is 16.2 Å². The van der Waals surface area contributed by atoms with E-state index in [1.165, 1.54) is 0 Å². The predicted molar refractivity (Wildman–Crippen MR) is 120 cm³/mol. The van der Waals surface area contributed by atoms with Gasteiger partial charge in [-0.3, -0.25) is 0 Å². The Morgan fingerprint density at radius 3 is 2.40 bits per heavy atom. The number of hydrogen-bond donors (Lipinski definition) is 2. The molecule has 2 N–H and O–H groups in total. The van der Waals surface area contributed by atoms with Crippen molar-refractivity contribution in [2.75, 3.05) is 0 Å². The molecule has 0 aliphatic heterocycles. The minimum absolute atomic E-state index is 0.00852. The number of benzene rings is 4. The summed E-state index contributed by atoms with van der Waals surface area (Å²) < 4.78 is 11.7. The maximum absolute atomic E-state index is 11.0. The van der Waals surface area contributed by atoms with E-state index in [0.29, 0.717) is 48.9 Å². The van der Waals surface area contributed by atoms with Crippen molar-refractivity contribution in [2.45, 2.75) is 0 Å². The summed E-state index contributed by atoms with van der Waals surface area (Å²) in [5, 5.41) is 25.2. The molecule has 0 aliphatic rings. The number of fused-ring (bicyclic) bond motifs is 6. The van der Waals surface area contributed by atoms with Gasteiger partial charge in [0.2, 0.25) is 0 Å². The van der Waals surface area contributed by atoms with Crippen LogP contribution in [0, 0.1) is 0 Å². The van der Waals surface area contributed by atoms with Crippen molar-refractivity contribution in [3.63, 3.8) is 0 Å². The zero-order valence-corrected chi connectivity index (χ0v) is 16.8. The minimum Gasteiger partial charge on any atom is -0.504 e. The molecule has 146 valence electrons. The number of para-hydroxylation sites is 1. The van der Waals surface area contributed by atoms with E-state index in [1.807, 2.05) is 24.3 Å². The van der Waals surface area contributed by atoms with Gasteiger partial charge in [0.25, 0.3) is 0 Å². The first-order valence-corrected chi connectivity index (χ1v) is 9.95. The summed E-state index contributed by atoms with van der Waals surface area (Å²) in [5.74, 6) is 0.0562. The second-order valence-electron chi connectivity index (χ2n) is 7.17. The van der Waals surface area contributed by atoms with Crippen molar-refractivity contribution < 1.29 is 19.0 Å². The van der Waals surface area contributed by atoms with Crippen LogP contribution in [-0.4, -0.2) is 10.2 Å². The Bertz CT molecular complexity index is 1640. The molecule has 0 atom stereocenters. The fourth-order valence-electron chi connectivity index (χ4n) is 4.05. The van der Waals surface area contributed by atoms with Crippen molar-refractivity contribution >= 4 is 67.1 Å². The average molecular weight is 435 g/mol. The topological polar surface area (TPSA) is 66.7 Å². The monoisotopic (exact) mass is 434 g/mol. The van der Waals surface area contributed by atoms with Crippen molar-refractivity contribution in [3.05, 3.63) is 70.7 Å². The Morgan fingerprint density at radius 1 is 0.700 bits per heavy atom. The fraction of sp³-hybridized carbons (Fsp3) is 0. The summed E-state index contributed by atoms with van der Waals surface area (Å²) in [6.07, 6.45) is 0. The van der Waals surface area contributed by atoms with Crippen LogP contribution in [0.1, 0.15) is 0 Å². The molecule has 4 aromatic carbocycles. The Labute approximate surface area is 179 Å². The van der Waals surface area contributed by atoms with Crippen LogP contribution in [0.3, 0.4) is 0 Å². The maximum atomic E-state index is 11.0. The van der Waals surface area contributed by atoms with Crippen LogP contribution in [-0.2, 0) is 0 Å². The van der Waals surface area contributed by atoms with E-state index >= 15 is 0 Å². The zero-order chi connectivity index (χ0) is 20.6. The van der Waals surface area contributed by atoms with Crippen LogP contribution in [0.4, 0.5) is 0 Å². The number of rotatable bonds is 1. The maximum Gasteiger partial charge on any atom is 0.177 e. The molecule has 0 bridgehead atoms. The van der Waals surface area contributed by atoms with Gasteiger partial charge in [0.1, 0.15) is 11.2 Å². The molecule has 2 aromatic heterocycles. The van der Waals surface area contributed by atoms with Gasteiger partial charge in [0.15, 0.2) is 22.7 Å². The molecule has 6 heteroatoms. The van der Waals surface area contributed by atoms with E-state index < -0.39 is 0 Å². The molecular formula is C24H12Cl2O4. The van der Waals surface area contributed by atoms with Crippen LogP contribution >= 0.6 is 23.2 Å². The van der Waals surface area contributed by atoms with Crippen LogP contribution in [0.25, 0.3) is 55.0 Å². The largest absolute Gasteiger partial charge is 0.504 e. The van der Waals surface area contributed by atoms with Crippen LogP contribution in [0.15, 0.2) is 69.5 Å². The Balaban J connectivity index is 1.63. The van der Waals surface area contributed by atoms with Crippen molar-refractivity contribution in [2.24, 2.45) is 0 Å². The zero-order valence-electron chi connectivity index (χ0n) is 15.2. The van der Waals surface area contributed by atoms with E-state index in [9.17, 15) is 10.2 Å².